The van der Waals surface area contributed by atoms with E-state index in [4.69, 9.17) is 9.47 Å². The summed E-state index contributed by atoms with van der Waals surface area (Å²) >= 11 is 0. The Morgan fingerprint density at radius 3 is 2.64 bits per heavy atom. The van der Waals surface area contributed by atoms with Gasteiger partial charge in [0.15, 0.2) is 0 Å². The molecule has 0 aromatic heterocycles. The number of piperazine rings is 1. The number of ether oxygens (including phenoxy) is 2. The Kier molecular flexibility index (Phi) is 5.91. The average Bonchev–Trinajstić information content (AvgIpc) is 3.49. The van der Waals surface area contributed by atoms with Gasteiger partial charge in [0, 0.05) is 32.7 Å². The van der Waals surface area contributed by atoms with Crippen LogP contribution in [0.1, 0.15) is 75.1 Å². The van der Waals surface area contributed by atoms with Crippen molar-refractivity contribution in [3.05, 3.63) is 28.3 Å². The molecule has 3 heterocycles. The Morgan fingerprint density at radius 1 is 1.21 bits per heavy atom. The van der Waals surface area contributed by atoms with Gasteiger partial charge in [0.2, 0.25) is 5.91 Å². The zero-order valence-electron chi connectivity index (χ0n) is 20.5. The third-order valence-corrected chi connectivity index (χ3v) is 7.99. The van der Waals surface area contributed by atoms with Crippen LogP contribution in [0.5, 0.6) is 0 Å². The van der Waals surface area contributed by atoms with E-state index in [0.717, 1.165) is 37.2 Å². The summed E-state index contributed by atoms with van der Waals surface area (Å²) in [7, 11) is 0. The molecule has 0 spiro atoms. The highest BCUT2D eigenvalue weighted by Gasteiger charge is 2.40. The molecule has 0 N–H and O–H groups in total. The Balaban J connectivity index is 1.48. The summed E-state index contributed by atoms with van der Waals surface area (Å²) in [6.07, 6.45) is 4.05. The van der Waals surface area contributed by atoms with Crippen LogP contribution >= 0.6 is 0 Å². The normalized spacial score (nSPS) is 26.9. The van der Waals surface area contributed by atoms with E-state index < -0.39 is 0 Å². The zero-order valence-corrected chi connectivity index (χ0v) is 20.5. The quantitative estimate of drug-likeness (QED) is 0.692. The lowest BCUT2D eigenvalue weighted by Crippen LogP contribution is -2.58. The molecule has 0 radical (unpaired) electrons. The molecule has 0 bridgehead atoms. The molecule has 33 heavy (non-hydrogen) atoms. The van der Waals surface area contributed by atoms with E-state index in [1.165, 1.54) is 29.5 Å². The maximum Gasteiger partial charge on any atom is 0.228 e. The summed E-state index contributed by atoms with van der Waals surface area (Å²) in [6.45, 7) is 12.7. The summed E-state index contributed by atoms with van der Waals surface area (Å²) < 4.78 is 11.6. The van der Waals surface area contributed by atoms with Gasteiger partial charge in [-0.25, -0.2) is 0 Å². The number of amides is 1. The molecule has 5 rings (SSSR count). The van der Waals surface area contributed by atoms with Crippen molar-refractivity contribution in [3.8, 4) is 6.07 Å². The van der Waals surface area contributed by atoms with Gasteiger partial charge in [-0.2, -0.15) is 5.26 Å². The Morgan fingerprint density at radius 2 is 2.00 bits per heavy atom. The molecule has 2 unspecified atom stereocenters. The number of rotatable bonds is 4. The van der Waals surface area contributed by atoms with Gasteiger partial charge >= 0.3 is 0 Å². The number of carbonyl (C=O) groups excluding carboxylic acids is 1. The number of anilines is 1. The number of hydrogen-bond donors (Lipinski definition) is 0. The molecule has 1 aromatic rings. The summed E-state index contributed by atoms with van der Waals surface area (Å²) in [5, 5.41) is 10.3. The van der Waals surface area contributed by atoms with E-state index in [0.29, 0.717) is 38.2 Å². The van der Waals surface area contributed by atoms with Crippen LogP contribution in [-0.4, -0.2) is 55.3 Å². The van der Waals surface area contributed by atoms with Crippen LogP contribution in [0.25, 0.3) is 0 Å². The monoisotopic (exact) mass is 451 g/mol. The SMILES string of the molecule is CC(C)C1CN(c2cc(C3CC3)c3c(c2C#N)CC(C)(C)OC3)CCN1C(=O)C1CCOC1. The van der Waals surface area contributed by atoms with Crippen LogP contribution in [0, 0.1) is 23.2 Å². The first-order valence-electron chi connectivity index (χ1n) is 12.6. The van der Waals surface area contributed by atoms with Gasteiger partial charge in [-0.1, -0.05) is 13.8 Å². The molecule has 2 saturated heterocycles. The van der Waals surface area contributed by atoms with E-state index in [1.54, 1.807) is 0 Å². The minimum atomic E-state index is -0.257. The molecular weight excluding hydrogens is 414 g/mol. The number of hydrogen-bond acceptors (Lipinski definition) is 5. The molecule has 4 aliphatic rings. The van der Waals surface area contributed by atoms with Crippen molar-refractivity contribution in [2.24, 2.45) is 11.8 Å². The first-order valence-corrected chi connectivity index (χ1v) is 12.6. The van der Waals surface area contributed by atoms with Gasteiger partial charge in [-0.05, 0) is 67.7 Å². The molecule has 6 heteroatoms. The molecule has 2 atom stereocenters. The summed E-state index contributed by atoms with van der Waals surface area (Å²) in [5.74, 6) is 1.19. The fraction of sp³-hybridized carbons (Fsp3) is 0.704. The van der Waals surface area contributed by atoms with Crippen LogP contribution in [-0.2, 0) is 27.3 Å². The second-order valence-electron chi connectivity index (χ2n) is 11.3. The number of nitrogens with zero attached hydrogens (tertiary/aromatic N) is 3. The van der Waals surface area contributed by atoms with Gasteiger partial charge in [0.1, 0.15) is 6.07 Å². The van der Waals surface area contributed by atoms with Crippen molar-refractivity contribution in [2.45, 2.75) is 77.5 Å². The smallest absolute Gasteiger partial charge is 0.228 e. The zero-order chi connectivity index (χ0) is 23.3. The predicted octanol–water partition coefficient (Wildman–Crippen LogP) is 4.00. The predicted molar refractivity (Wildman–Crippen MR) is 127 cm³/mol. The van der Waals surface area contributed by atoms with E-state index in [9.17, 15) is 10.1 Å². The number of benzene rings is 1. The van der Waals surface area contributed by atoms with Crippen LogP contribution in [0.4, 0.5) is 5.69 Å². The highest BCUT2D eigenvalue weighted by molar-refractivity contribution is 5.80. The largest absolute Gasteiger partial charge is 0.381 e. The number of nitriles is 1. The van der Waals surface area contributed by atoms with Crippen LogP contribution in [0.3, 0.4) is 0 Å². The van der Waals surface area contributed by atoms with Gasteiger partial charge in [-0.15, -0.1) is 0 Å². The average molecular weight is 452 g/mol. The lowest BCUT2D eigenvalue weighted by Gasteiger charge is -2.46. The van der Waals surface area contributed by atoms with Crippen molar-refractivity contribution >= 4 is 11.6 Å². The number of carbonyl (C=O) groups is 1. The molecule has 3 aliphatic heterocycles. The molecule has 1 amide bonds. The Labute approximate surface area is 197 Å². The molecule has 1 saturated carbocycles. The van der Waals surface area contributed by atoms with Crippen molar-refractivity contribution in [2.75, 3.05) is 37.7 Å². The second-order valence-corrected chi connectivity index (χ2v) is 11.3. The molecule has 1 aromatic carbocycles. The first kappa shape index (κ1) is 22.7. The molecule has 178 valence electrons. The third kappa shape index (κ3) is 4.26. The molecular formula is C27H37N3O3. The van der Waals surface area contributed by atoms with Gasteiger partial charge in [0.05, 0.1) is 42.0 Å². The summed E-state index contributed by atoms with van der Waals surface area (Å²) in [5.41, 5.74) is 5.46. The highest BCUT2D eigenvalue weighted by atomic mass is 16.5. The molecule has 6 nitrogen and oxygen atoms in total. The van der Waals surface area contributed by atoms with Crippen molar-refractivity contribution < 1.29 is 14.3 Å². The molecule has 3 fully saturated rings. The topological polar surface area (TPSA) is 65.8 Å². The molecule has 1 aliphatic carbocycles. The second kappa shape index (κ2) is 8.60. The van der Waals surface area contributed by atoms with Crippen LogP contribution < -0.4 is 4.90 Å². The minimum absolute atomic E-state index is 0.0000791. The van der Waals surface area contributed by atoms with Crippen molar-refractivity contribution in [1.29, 1.82) is 5.26 Å². The first-order chi connectivity index (χ1) is 15.8. The maximum absolute atomic E-state index is 13.3. The lowest BCUT2D eigenvalue weighted by molar-refractivity contribution is -0.139. The van der Waals surface area contributed by atoms with Gasteiger partial charge in [0.25, 0.3) is 0 Å². The van der Waals surface area contributed by atoms with Crippen LogP contribution in [0.2, 0.25) is 0 Å². The van der Waals surface area contributed by atoms with Gasteiger partial charge in [-0.3, -0.25) is 4.79 Å². The minimum Gasteiger partial charge on any atom is -0.381 e. The van der Waals surface area contributed by atoms with Crippen molar-refractivity contribution in [1.82, 2.24) is 4.90 Å². The highest BCUT2D eigenvalue weighted by Crippen LogP contribution is 2.47. The van der Waals surface area contributed by atoms with Crippen molar-refractivity contribution in [3.63, 3.8) is 0 Å². The fourth-order valence-electron chi connectivity index (χ4n) is 5.87. The maximum atomic E-state index is 13.3. The summed E-state index contributed by atoms with van der Waals surface area (Å²) in [6, 6.07) is 5.00. The standard InChI is InChI=1S/C27H37N3O3/c1-17(2)25-14-29(8-9-30(25)26(31)19-7-10-32-15-19)24-11-20(18-5-6-18)23-16-33-27(3,4)12-21(23)22(24)13-28/h11,17-19,25H,5-10,12,14-16H2,1-4H3. The van der Waals surface area contributed by atoms with Crippen LogP contribution in [0.15, 0.2) is 6.07 Å². The third-order valence-electron chi connectivity index (χ3n) is 7.99. The lowest BCUT2D eigenvalue weighted by atomic mass is 9.83. The Bertz CT molecular complexity index is 970. The summed E-state index contributed by atoms with van der Waals surface area (Å²) in [4.78, 5) is 17.7. The van der Waals surface area contributed by atoms with E-state index in [2.05, 4.69) is 49.6 Å². The number of fused-ring (bicyclic) bond motifs is 1. The van der Waals surface area contributed by atoms with E-state index in [1.807, 2.05) is 0 Å². The van der Waals surface area contributed by atoms with E-state index >= 15 is 0 Å². The van der Waals surface area contributed by atoms with Gasteiger partial charge < -0.3 is 19.3 Å². The Hall–Kier alpha value is -2.10. The fourth-order valence-corrected chi connectivity index (χ4v) is 5.87. The van der Waals surface area contributed by atoms with E-state index in [-0.39, 0.29) is 23.5 Å².